The van der Waals surface area contributed by atoms with Crippen molar-refractivity contribution in [2.45, 2.75) is 9.79 Å². The summed E-state index contributed by atoms with van der Waals surface area (Å²) in [6, 6.07) is 14.6. The van der Waals surface area contributed by atoms with Crippen molar-refractivity contribution in [3.05, 3.63) is 52.5 Å². The van der Waals surface area contributed by atoms with Crippen LogP contribution in [0.2, 0.25) is 0 Å². The maximum atomic E-state index is 9.37. The third-order valence-corrected chi connectivity index (χ3v) is 4.09. The minimum atomic E-state index is 0.250. The summed E-state index contributed by atoms with van der Waals surface area (Å²) in [4.78, 5) is 1.96. The first kappa shape index (κ1) is 12.0. The molecule has 2 nitrogen and oxygen atoms in total. The van der Waals surface area contributed by atoms with Gasteiger partial charge in [0.05, 0.1) is 11.6 Å². The molecule has 0 saturated heterocycles. The van der Waals surface area contributed by atoms with Gasteiger partial charge in [-0.2, -0.15) is 5.26 Å². The summed E-state index contributed by atoms with van der Waals surface area (Å²) in [5.74, 6) is 0.250. The van der Waals surface area contributed by atoms with Gasteiger partial charge in [-0.25, -0.2) is 0 Å². The highest BCUT2D eigenvalue weighted by Crippen LogP contribution is 2.34. The van der Waals surface area contributed by atoms with Gasteiger partial charge in [0, 0.05) is 14.3 Å². The van der Waals surface area contributed by atoms with Crippen molar-refractivity contribution in [1.29, 1.82) is 5.26 Å². The summed E-state index contributed by atoms with van der Waals surface area (Å²) in [5, 5.41) is 18.1. The zero-order chi connectivity index (χ0) is 12.3. The Hall–Kier alpha value is -1.44. The standard InChI is InChI=1S/C13H8BrNOS/c14-12-6-9(8-15)4-5-13(12)17-11-3-1-2-10(16)7-11/h1-7,16H. The monoisotopic (exact) mass is 305 g/mol. The SMILES string of the molecule is N#Cc1ccc(Sc2cccc(O)c2)c(Br)c1. The Labute approximate surface area is 112 Å². The van der Waals surface area contributed by atoms with E-state index in [9.17, 15) is 5.11 Å². The van der Waals surface area contributed by atoms with Crippen LogP contribution in [0, 0.1) is 11.3 Å². The molecule has 4 heteroatoms. The highest BCUT2D eigenvalue weighted by atomic mass is 79.9. The van der Waals surface area contributed by atoms with E-state index in [1.165, 1.54) is 11.8 Å². The largest absolute Gasteiger partial charge is 0.508 e. The van der Waals surface area contributed by atoms with Gasteiger partial charge in [0.1, 0.15) is 5.75 Å². The van der Waals surface area contributed by atoms with Crippen molar-refractivity contribution in [3.63, 3.8) is 0 Å². The van der Waals surface area contributed by atoms with Gasteiger partial charge in [-0.15, -0.1) is 0 Å². The zero-order valence-corrected chi connectivity index (χ0v) is 11.1. The Bertz CT molecular complexity index is 592. The number of aromatic hydroxyl groups is 1. The average Bonchev–Trinajstić information content (AvgIpc) is 2.32. The van der Waals surface area contributed by atoms with Crippen molar-refractivity contribution in [2.24, 2.45) is 0 Å². The Morgan fingerprint density at radius 1 is 1.18 bits per heavy atom. The van der Waals surface area contributed by atoms with Crippen molar-refractivity contribution in [1.82, 2.24) is 0 Å². The third kappa shape index (κ3) is 3.02. The molecule has 0 aliphatic heterocycles. The highest BCUT2D eigenvalue weighted by molar-refractivity contribution is 9.10. The van der Waals surface area contributed by atoms with Crippen LogP contribution >= 0.6 is 27.7 Å². The molecule has 0 saturated carbocycles. The molecule has 0 aliphatic rings. The lowest BCUT2D eigenvalue weighted by Gasteiger charge is -2.04. The minimum Gasteiger partial charge on any atom is -0.508 e. The molecule has 0 heterocycles. The fourth-order valence-electron chi connectivity index (χ4n) is 1.33. The summed E-state index contributed by atoms with van der Waals surface area (Å²) in [5.41, 5.74) is 0.622. The van der Waals surface area contributed by atoms with Gasteiger partial charge in [0.25, 0.3) is 0 Å². The Morgan fingerprint density at radius 2 is 2.00 bits per heavy atom. The molecule has 0 aliphatic carbocycles. The maximum Gasteiger partial charge on any atom is 0.116 e. The number of halogens is 1. The molecule has 0 aromatic heterocycles. The molecular formula is C13H8BrNOS. The van der Waals surface area contributed by atoms with Crippen LogP contribution in [0.1, 0.15) is 5.56 Å². The van der Waals surface area contributed by atoms with Crippen LogP contribution in [-0.2, 0) is 0 Å². The smallest absolute Gasteiger partial charge is 0.116 e. The van der Waals surface area contributed by atoms with Gasteiger partial charge in [0.2, 0.25) is 0 Å². The van der Waals surface area contributed by atoms with Crippen LogP contribution in [-0.4, -0.2) is 5.11 Å². The summed E-state index contributed by atoms with van der Waals surface area (Å²) < 4.78 is 0.880. The van der Waals surface area contributed by atoms with E-state index in [1.54, 1.807) is 30.3 Å². The number of phenolic OH excluding ortho intramolecular Hbond substituents is 1. The fourth-order valence-corrected chi connectivity index (χ4v) is 2.82. The average molecular weight is 306 g/mol. The van der Waals surface area contributed by atoms with Gasteiger partial charge in [-0.1, -0.05) is 17.8 Å². The number of nitrogens with zero attached hydrogens (tertiary/aromatic N) is 1. The van der Waals surface area contributed by atoms with E-state index in [0.29, 0.717) is 5.56 Å². The Morgan fingerprint density at radius 3 is 2.65 bits per heavy atom. The number of hydrogen-bond acceptors (Lipinski definition) is 3. The first-order chi connectivity index (χ1) is 8.19. The number of hydrogen-bond donors (Lipinski definition) is 1. The fraction of sp³-hybridized carbons (Fsp3) is 0. The molecular weight excluding hydrogens is 298 g/mol. The van der Waals surface area contributed by atoms with E-state index in [-0.39, 0.29) is 5.75 Å². The number of benzene rings is 2. The van der Waals surface area contributed by atoms with Gasteiger partial charge in [-0.05, 0) is 52.3 Å². The molecule has 1 N–H and O–H groups in total. The lowest BCUT2D eigenvalue weighted by molar-refractivity contribution is 0.474. The molecule has 0 bridgehead atoms. The van der Waals surface area contributed by atoms with E-state index in [1.807, 2.05) is 12.1 Å². The van der Waals surface area contributed by atoms with Crippen LogP contribution in [0.3, 0.4) is 0 Å². The van der Waals surface area contributed by atoms with Crippen LogP contribution < -0.4 is 0 Å². The molecule has 0 amide bonds. The predicted octanol–water partition coefficient (Wildman–Crippen LogP) is 4.18. The van der Waals surface area contributed by atoms with Crippen LogP contribution in [0.5, 0.6) is 5.75 Å². The topological polar surface area (TPSA) is 44.0 Å². The van der Waals surface area contributed by atoms with E-state index in [2.05, 4.69) is 22.0 Å². The second-order valence-corrected chi connectivity index (χ2v) is 5.33. The van der Waals surface area contributed by atoms with Gasteiger partial charge in [0.15, 0.2) is 0 Å². The van der Waals surface area contributed by atoms with E-state index >= 15 is 0 Å². The highest BCUT2D eigenvalue weighted by Gasteiger charge is 2.04. The maximum absolute atomic E-state index is 9.37. The normalized spacial score (nSPS) is 9.88. The summed E-state index contributed by atoms with van der Waals surface area (Å²) >= 11 is 4.96. The zero-order valence-electron chi connectivity index (χ0n) is 8.72. The van der Waals surface area contributed by atoms with Crippen molar-refractivity contribution in [2.75, 3.05) is 0 Å². The molecule has 2 aromatic rings. The molecule has 0 fully saturated rings. The first-order valence-electron chi connectivity index (χ1n) is 4.85. The number of phenols is 1. The van der Waals surface area contributed by atoms with Crippen molar-refractivity contribution in [3.8, 4) is 11.8 Å². The summed E-state index contributed by atoms with van der Waals surface area (Å²) in [6.07, 6.45) is 0. The second-order valence-electron chi connectivity index (χ2n) is 3.36. The van der Waals surface area contributed by atoms with Crippen LogP contribution in [0.25, 0.3) is 0 Å². The molecule has 0 spiro atoms. The van der Waals surface area contributed by atoms with Crippen molar-refractivity contribution < 1.29 is 5.11 Å². The molecule has 0 radical (unpaired) electrons. The molecule has 0 unspecified atom stereocenters. The van der Waals surface area contributed by atoms with Gasteiger partial charge < -0.3 is 5.11 Å². The van der Waals surface area contributed by atoms with Crippen LogP contribution in [0.15, 0.2) is 56.7 Å². The lowest BCUT2D eigenvalue weighted by Crippen LogP contribution is -1.79. The van der Waals surface area contributed by atoms with E-state index < -0.39 is 0 Å². The Balaban J connectivity index is 2.28. The number of nitriles is 1. The van der Waals surface area contributed by atoms with Gasteiger partial charge >= 0.3 is 0 Å². The quantitative estimate of drug-likeness (QED) is 0.905. The summed E-state index contributed by atoms with van der Waals surface area (Å²) in [7, 11) is 0. The lowest BCUT2D eigenvalue weighted by atomic mass is 10.2. The molecule has 2 aromatic carbocycles. The van der Waals surface area contributed by atoms with E-state index in [4.69, 9.17) is 5.26 Å². The predicted molar refractivity (Wildman–Crippen MR) is 71.1 cm³/mol. The molecule has 17 heavy (non-hydrogen) atoms. The molecule has 0 atom stereocenters. The minimum absolute atomic E-state index is 0.250. The first-order valence-corrected chi connectivity index (χ1v) is 6.46. The number of rotatable bonds is 2. The molecule has 84 valence electrons. The van der Waals surface area contributed by atoms with Crippen molar-refractivity contribution >= 4 is 27.7 Å². The molecule has 2 rings (SSSR count). The third-order valence-electron chi connectivity index (χ3n) is 2.11. The summed E-state index contributed by atoms with van der Waals surface area (Å²) in [6.45, 7) is 0. The van der Waals surface area contributed by atoms with Crippen LogP contribution in [0.4, 0.5) is 0 Å². The Kier molecular flexibility index (Phi) is 3.72. The second kappa shape index (κ2) is 5.26. The van der Waals surface area contributed by atoms with E-state index in [0.717, 1.165) is 14.3 Å². The van der Waals surface area contributed by atoms with Gasteiger partial charge in [-0.3, -0.25) is 0 Å².